The zero-order chi connectivity index (χ0) is 13.3. The van der Waals surface area contributed by atoms with E-state index in [0.29, 0.717) is 23.5 Å². The van der Waals surface area contributed by atoms with Crippen LogP contribution in [-0.4, -0.2) is 22.3 Å². The number of hydrogen-bond donors (Lipinski definition) is 1. The average molecular weight is 268 g/mol. The molecule has 0 radical (unpaired) electrons. The van der Waals surface area contributed by atoms with Gasteiger partial charge in [0.05, 0.1) is 23.7 Å². The van der Waals surface area contributed by atoms with Gasteiger partial charge in [-0.2, -0.15) is 0 Å². The maximum atomic E-state index is 13.5. The molecule has 98 valence electrons. The van der Waals surface area contributed by atoms with Crippen LogP contribution in [0.25, 0.3) is 11.0 Å². The van der Waals surface area contributed by atoms with Crippen molar-refractivity contribution in [2.45, 2.75) is 33.4 Å². The Balaban J connectivity index is 2.35. The number of aromatic amines is 1. The number of ether oxygens (including phenoxy) is 1. The van der Waals surface area contributed by atoms with E-state index < -0.39 is 0 Å². The molecule has 3 nitrogen and oxygen atoms in total. The Kier molecular flexibility index (Phi) is 3.82. The molecule has 0 saturated carbocycles. The molecule has 1 heterocycles. The normalized spacial score (nSPS) is 11.6. The van der Waals surface area contributed by atoms with E-state index in [-0.39, 0.29) is 11.9 Å². The van der Waals surface area contributed by atoms with E-state index in [1.807, 2.05) is 24.5 Å². The Morgan fingerprint density at radius 3 is 2.83 bits per heavy atom. The summed E-state index contributed by atoms with van der Waals surface area (Å²) < 4.78 is 21.5. The second-order valence-electron chi connectivity index (χ2n) is 4.62. The van der Waals surface area contributed by atoms with Crippen molar-refractivity contribution in [3.05, 3.63) is 28.3 Å². The highest BCUT2D eigenvalue weighted by Gasteiger charge is 2.08. The molecular formula is C13H17FN2OS. The fourth-order valence-corrected chi connectivity index (χ4v) is 2.18. The minimum absolute atomic E-state index is 0.198. The second kappa shape index (κ2) is 5.20. The Hall–Kier alpha value is -1.20. The summed E-state index contributed by atoms with van der Waals surface area (Å²) in [5.41, 5.74) is 2.27. The third kappa shape index (κ3) is 2.62. The summed E-state index contributed by atoms with van der Waals surface area (Å²) in [7, 11) is 0. The van der Waals surface area contributed by atoms with Gasteiger partial charge in [0.15, 0.2) is 4.77 Å². The van der Waals surface area contributed by atoms with E-state index in [4.69, 9.17) is 17.0 Å². The lowest BCUT2D eigenvalue weighted by Gasteiger charge is -2.09. The monoisotopic (exact) mass is 268 g/mol. The highest BCUT2D eigenvalue weighted by atomic mass is 32.1. The molecule has 18 heavy (non-hydrogen) atoms. The number of nitrogens with one attached hydrogen (secondary N) is 1. The van der Waals surface area contributed by atoms with Gasteiger partial charge in [0.25, 0.3) is 0 Å². The van der Waals surface area contributed by atoms with Crippen LogP contribution in [0.2, 0.25) is 0 Å². The number of rotatable bonds is 4. The summed E-state index contributed by atoms with van der Waals surface area (Å²) in [5.74, 6) is -0.218. The molecule has 0 aliphatic heterocycles. The standard InChI is InChI=1S/C13H17FN2OS/c1-8(2)17-5-4-16-12-6-9(3)10(14)7-11(12)15-13(16)18/h6-8H,4-5H2,1-3H3,(H,15,18). The van der Waals surface area contributed by atoms with Crippen LogP contribution in [0.5, 0.6) is 0 Å². The lowest BCUT2D eigenvalue weighted by Crippen LogP contribution is -2.10. The SMILES string of the molecule is Cc1cc2c(cc1F)[nH]c(=S)n2CCOC(C)C. The van der Waals surface area contributed by atoms with Crippen LogP contribution in [0.1, 0.15) is 19.4 Å². The predicted molar refractivity (Wildman–Crippen MR) is 72.9 cm³/mol. The van der Waals surface area contributed by atoms with Crippen LogP contribution in [0, 0.1) is 17.5 Å². The molecule has 1 aromatic carbocycles. The Morgan fingerprint density at radius 1 is 1.44 bits per heavy atom. The number of halogens is 1. The molecule has 5 heteroatoms. The van der Waals surface area contributed by atoms with Crippen molar-refractivity contribution < 1.29 is 9.13 Å². The van der Waals surface area contributed by atoms with Crippen molar-refractivity contribution in [3.63, 3.8) is 0 Å². The van der Waals surface area contributed by atoms with E-state index in [1.165, 1.54) is 6.07 Å². The number of aryl methyl sites for hydroxylation is 1. The van der Waals surface area contributed by atoms with Gasteiger partial charge >= 0.3 is 0 Å². The summed E-state index contributed by atoms with van der Waals surface area (Å²) in [6.45, 7) is 7.00. The molecule has 2 aromatic rings. The molecule has 0 spiro atoms. The zero-order valence-corrected chi connectivity index (χ0v) is 11.6. The molecule has 0 atom stereocenters. The number of hydrogen-bond acceptors (Lipinski definition) is 2. The van der Waals surface area contributed by atoms with Crippen molar-refractivity contribution in [1.29, 1.82) is 0 Å². The predicted octanol–water partition coefficient (Wildman–Crippen LogP) is 3.57. The number of imidazole rings is 1. The van der Waals surface area contributed by atoms with Crippen molar-refractivity contribution in [2.24, 2.45) is 0 Å². The second-order valence-corrected chi connectivity index (χ2v) is 5.01. The fourth-order valence-electron chi connectivity index (χ4n) is 1.88. The Labute approximate surface area is 111 Å². The van der Waals surface area contributed by atoms with Crippen molar-refractivity contribution >= 4 is 23.3 Å². The van der Waals surface area contributed by atoms with Gasteiger partial charge in [-0.05, 0) is 50.7 Å². The molecule has 0 amide bonds. The van der Waals surface area contributed by atoms with Gasteiger partial charge in [-0.3, -0.25) is 0 Å². The van der Waals surface area contributed by atoms with Gasteiger partial charge in [0, 0.05) is 6.54 Å². The van der Waals surface area contributed by atoms with Gasteiger partial charge in [0.2, 0.25) is 0 Å². The molecular weight excluding hydrogens is 251 g/mol. The highest BCUT2D eigenvalue weighted by molar-refractivity contribution is 7.71. The minimum atomic E-state index is -0.218. The number of nitrogens with zero attached hydrogens (tertiary/aromatic N) is 1. The average Bonchev–Trinajstić information content (AvgIpc) is 2.56. The van der Waals surface area contributed by atoms with Crippen LogP contribution in [0.4, 0.5) is 4.39 Å². The van der Waals surface area contributed by atoms with Gasteiger partial charge in [-0.15, -0.1) is 0 Å². The first-order chi connectivity index (χ1) is 8.49. The molecule has 0 fully saturated rings. The Morgan fingerprint density at radius 2 is 2.17 bits per heavy atom. The summed E-state index contributed by atoms with van der Waals surface area (Å²) >= 11 is 5.25. The van der Waals surface area contributed by atoms with E-state index >= 15 is 0 Å². The third-order valence-corrected chi connectivity index (χ3v) is 3.14. The quantitative estimate of drug-likeness (QED) is 0.859. The minimum Gasteiger partial charge on any atom is -0.377 e. The summed E-state index contributed by atoms with van der Waals surface area (Å²) in [6, 6.07) is 3.30. The molecule has 0 bridgehead atoms. The van der Waals surface area contributed by atoms with Gasteiger partial charge < -0.3 is 14.3 Å². The summed E-state index contributed by atoms with van der Waals surface area (Å²) in [5, 5.41) is 0. The van der Waals surface area contributed by atoms with Crippen LogP contribution in [0.3, 0.4) is 0 Å². The maximum absolute atomic E-state index is 13.5. The van der Waals surface area contributed by atoms with E-state index in [0.717, 1.165) is 11.0 Å². The number of aromatic nitrogens is 2. The van der Waals surface area contributed by atoms with Crippen LogP contribution >= 0.6 is 12.2 Å². The number of benzene rings is 1. The number of fused-ring (bicyclic) bond motifs is 1. The zero-order valence-electron chi connectivity index (χ0n) is 10.8. The fraction of sp³-hybridized carbons (Fsp3) is 0.462. The lowest BCUT2D eigenvalue weighted by atomic mass is 10.2. The first kappa shape index (κ1) is 13.2. The molecule has 2 rings (SSSR count). The smallest absolute Gasteiger partial charge is 0.178 e. The maximum Gasteiger partial charge on any atom is 0.178 e. The first-order valence-corrected chi connectivity index (χ1v) is 6.40. The molecule has 1 N–H and O–H groups in total. The summed E-state index contributed by atoms with van der Waals surface area (Å²) in [4.78, 5) is 3.02. The largest absolute Gasteiger partial charge is 0.377 e. The number of H-pyrrole nitrogens is 1. The molecule has 0 unspecified atom stereocenters. The lowest BCUT2D eigenvalue weighted by molar-refractivity contribution is 0.0731. The first-order valence-electron chi connectivity index (χ1n) is 5.99. The van der Waals surface area contributed by atoms with E-state index in [9.17, 15) is 4.39 Å². The molecule has 0 saturated heterocycles. The van der Waals surface area contributed by atoms with Crippen molar-refractivity contribution in [2.75, 3.05) is 6.61 Å². The van der Waals surface area contributed by atoms with Crippen molar-refractivity contribution in [3.8, 4) is 0 Å². The molecule has 0 aliphatic carbocycles. The third-order valence-electron chi connectivity index (χ3n) is 2.82. The summed E-state index contributed by atoms with van der Waals surface area (Å²) in [6.07, 6.45) is 0.198. The van der Waals surface area contributed by atoms with Crippen LogP contribution < -0.4 is 0 Å². The van der Waals surface area contributed by atoms with Gasteiger partial charge in [-0.25, -0.2) is 4.39 Å². The van der Waals surface area contributed by atoms with Crippen LogP contribution in [0.15, 0.2) is 12.1 Å². The van der Waals surface area contributed by atoms with Gasteiger partial charge in [-0.1, -0.05) is 0 Å². The van der Waals surface area contributed by atoms with Crippen LogP contribution in [-0.2, 0) is 11.3 Å². The van der Waals surface area contributed by atoms with E-state index in [2.05, 4.69) is 4.98 Å². The molecule has 1 aromatic heterocycles. The van der Waals surface area contributed by atoms with E-state index in [1.54, 1.807) is 6.92 Å². The highest BCUT2D eigenvalue weighted by Crippen LogP contribution is 2.18. The Bertz CT molecular complexity index is 615. The van der Waals surface area contributed by atoms with Crippen molar-refractivity contribution in [1.82, 2.24) is 9.55 Å². The van der Waals surface area contributed by atoms with Gasteiger partial charge in [0.1, 0.15) is 5.82 Å². The topological polar surface area (TPSA) is 29.9 Å². The molecule has 0 aliphatic rings.